The number of benzene rings is 2. The van der Waals surface area contributed by atoms with Gasteiger partial charge in [0.2, 0.25) is 0 Å². The second-order valence-electron chi connectivity index (χ2n) is 5.59. The average molecular weight is 289 g/mol. The van der Waals surface area contributed by atoms with Crippen molar-refractivity contribution in [2.45, 2.75) is 33.2 Å². The van der Waals surface area contributed by atoms with Crippen LogP contribution in [-0.2, 0) is 6.42 Å². The molecule has 2 aromatic carbocycles. The minimum Gasteiger partial charge on any atom is -0.313 e. The van der Waals surface area contributed by atoms with E-state index in [0.29, 0.717) is 12.0 Å². The third kappa shape index (κ3) is 3.48. The summed E-state index contributed by atoms with van der Waals surface area (Å²) in [5.74, 6) is -1.03. The van der Waals surface area contributed by atoms with Crippen molar-refractivity contribution in [3.05, 3.63) is 69.8 Å². The first-order valence-corrected chi connectivity index (χ1v) is 7.11. The van der Waals surface area contributed by atoms with Gasteiger partial charge in [-0.05, 0) is 62.6 Å². The first-order chi connectivity index (χ1) is 9.92. The number of nitrogens with one attached hydrogen (secondary N) is 1. The predicted octanol–water partition coefficient (Wildman–Crippen LogP) is 4.39. The fourth-order valence-corrected chi connectivity index (χ4v) is 3.00. The Labute approximate surface area is 125 Å². The van der Waals surface area contributed by atoms with Crippen molar-refractivity contribution in [1.29, 1.82) is 0 Å². The molecule has 2 aromatic rings. The number of aryl methyl sites for hydroxylation is 3. The summed E-state index contributed by atoms with van der Waals surface area (Å²) >= 11 is 0. The highest BCUT2D eigenvalue weighted by Crippen LogP contribution is 2.27. The van der Waals surface area contributed by atoms with E-state index in [1.165, 1.54) is 34.4 Å². The van der Waals surface area contributed by atoms with E-state index in [9.17, 15) is 8.78 Å². The highest BCUT2D eigenvalue weighted by atomic mass is 19.1. The van der Waals surface area contributed by atoms with Crippen molar-refractivity contribution < 1.29 is 8.78 Å². The third-order valence-corrected chi connectivity index (χ3v) is 3.87. The summed E-state index contributed by atoms with van der Waals surface area (Å²) in [5, 5.41) is 3.25. The van der Waals surface area contributed by atoms with Crippen LogP contribution in [-0.4, -0.2) is 7.05 Å². The molecule has 1 unspecified atom stereocenters. The molecule has 0 amide bonds. The smallest absolute Gasteiger partial charge is 0.129 e. The van der Waals surface area contributed by atoms with E-state index in [4.69, 9.17) is 0 Å². The standard InChI is InChI=1S/C18H21F2N/c1-11-7-12(2)18(13(3)8-11)17(21-4)9-14-5-6-15(19)10-16(14)20/h5-8,10,17,21H,9H2,1-4H3. The lowest BCUT2D eigenvalue weighted by atomic mass is 9.90. The molecule has 21 heavy (non-hydrogen) atoms. The van der Waals surface area contributed by atoms with Crippen LogP contribution in [0.15, 0.2) is 30.3 Å². The Morgan fingerprint density at radius 2 is 1.62 bits per heavy atom. The average Bonchev–Trinajstić information content (AvgIpc) is 2.39. The molecule has 0 aromatic heterocycles. The predicted molar refractivity (Wildman–Crippen MR) is 82.5 cm³/mol. The molecule has 0 fully saturated rings. The second-order valence-corrected chi connectivity index (χ2v) is 5.59. The van der Waals surface area contributed by atoms with Gasteiger partial charge < -0.3 is 5.32 Å². The fourth-order valence-electron chi connectivity index (χ4n) is 3.00. The van der Waals surface area contributed by atoms with E-state index in [1.54, 1.807) is 0 Å². The van der Waals surface area contributed by atoms with E-state index in [-0.39, 0.29) is 6.04 Å². The normalized spacial score (nSPS) is 12.5. The van der Waals surface area contributed by atoms with Crippen LogP contribution in [0.1, 0.15) is 33.9 Å². The lowest BCUT2D eigenvalue weighted by Crippen LogP contribution is -2.21. The number of likely N-dealkylation sites (N-methyl/N-ethyl adjacent to an activating group) is 1. The monoisotopic (exact) mass is 289 g/mol. The zero-order chi connectivity index (χ0) is 15.6. The van der Waals surface area contributed by atoms with Gasteiger partial charge in [-0.1, -0.05) is 23.8 Å². The van der Waals surface area contributed by atoms with Crippen LogP contribution in [0, 0.1) is 32.4 Å². The zero-order valence-electron chi connectivity index (χ0n) is 12.9. The van der Waals surface area contributed by atoms with E-state index >= 15 is 0 Å². The molecule has 1 N–H and O–H groups in total. The zero-order valence-corrected chi connectivity index (χ0v) is 12.9. The summed E-state index contributed by atoms with van der Waals surface area (Å²) < 4.78 is 26.9. The Balaban J connectivity index is 2.37. The summed E-state index contributed by atoms with van der Waals surface area (Å²) in [6, 6.07) is 8.04. The van der Waals surface area contributed by atoms with Crippen molar-refractivity contribution in [1.82, 2.24) is 5.32 Å². The highest BCUT2D eigenvalue weighted by Gasteiger charge is 2.17. The van der Waals surface area contributed by atoms with Crippen LogP contribution < -0.4 is 5.32 Å². The molecule has 0 saturated carbocycles. The maximum absolute atomic E-state index is 13.9. The topological polar surface area (TPSA) is 12.0 Å². The number of rotatable bonds is 4. The van der Waals surface area contributed by atoms with Crippen LogP contribution in [0.5, 0.6) is 0 Å². The highest BCUT2D eigenvalue weighted by molar-refractivity contribution is 5.40. The van der Waals surface area contributed by atoms with Gasteiger partial charge in [-0.3, -0.25) is 0 Å². The number of hydrogen-bond acceptors (Lipinski definition) is 1. The van der Waals surface area contributed by atoms with Crippen LogP contribution in [0.2, 0.25) is 0 Å². The molecule has 2 rings (SSSR count). The van der Waals surface area contributed by atoms with Crippen LogP contribution in [0.3, 0.4) is 0 Å². The summed E-state index contributed by atoms with van der Waals surface area (Å²) in [6.45, 7) is 6.21. The lowest BCUT2D eigenvalue weighted by Gasteiger charge is -2.22. The quantitative estimate of drug-likeness (QED) is 0.880. The Bertz CT molecular complexity index is 627. The molecule has 3 heteroatoms. The Morgan fingerprint density at radius 1 is 1.00 bits per heavy atom. The van der Waals surface area contributed by atoms with Gasteiger partial charge in [0.05, 0.1) is 0 Å². The lowest BCUT2D eigenvalue weighted by molar-refractivity contribution is 0.538. The molecule has 0 heterocycles. The summed E-state index contributed by atoms with van der Waals surface area (Å²) in [5.41, 5.74) is 5.31. The minimum absolute atomic E-state index is 0.00515. The summed E-state index contributed by atoms with van der Waals surface area (Å²) in [6.07, 6.45) is 0.493. The van der Waals surface area contributed by atoms with Crippen LogP contribution in [0.25, 0.3) is 0 Å². The molecule has 0 aliphatic carbocycles. The van der Waals surface area contributed by atoms with Crippen LogP contribution >= 0.6 is 0 Å². The van der Waals surface area contributed by atoms with Gasteiger partial charge in [0.25, 0.3) is 0 Å². The first-order valence-electron chi connectivity index (χ1n) is 7.11. The molecular weight excluding hydrogens is 268 g/mol. The maximum Gasteiger partial charge on any atom is 0.129 e. The molecule has 0 aliphatic rings. The van der Waals surface area contributed by atoms with E-state index in [2.05, 4.69) is 38.2 Å². The first kappa shape index (κ1) is 15.6. The van der Waals surface area contributed by atoms with Crippen molar-refractivity contribution in [3.8, 4) is 0 Å². The Hall–Kier alpha value is -1.74. The Morgan fingerprint density at radius 3 is 2.14 bits per heavy atom. The van der Waals surface area contributed by atoms with E-state index < -0.39 is 11.6 Å². The third-order valence-electron chi connectivity index (χ3n) is 3.87. The minimum atomic E-state index is -0.542. The van der Waals surface area contributed by atoms with Gasteiger partial charge in [0, 0.05) is 12.1 Å². The Kier molecular flexibility index (Phi) is 4.73. The van der Waals surface area contributed by atoms with Crippen LogP contribution in [0.4, 0.5) is 8.78 Å². The molecule has 0 saturated heterocycles. The molecular formula is C18H21F2N. The van der Waals surface area contributed by atoms with Crippen molar-refractivity contribution in [2.24, 2.45) is 0 Å². The van der Waals surface area contributed by atoms with Gasteiger partial charge in [-0.2, -0.15) is 0 Å². The molecule has 0 aliphatic heterocycles. The fraction of sp³-hybridized carbons (Fsp3) is 0.333. The SMILES string of the molecule is CNC(Cc1ccc(F)cc1F)c1c(C)cc(C)cc1C. The number of halogens is 2. The van der Waals surface area contributed by atoms with Gasteiger partial charge in [0.15, 0.2) is 0 Å². The van der Waals surface area contributed by atoms with Gasteiger partial charge in [-0.25, -0.2) is 8.78 Å². The molecule has 0 radical (unpaired) electrons. The largest absolute Gasteiger partial charge is 0.313 e. The van der Waals surface area contributed by atoms with E-state index in [0.717, 1.165) is 6.07 Å². The summed E-state index contributed by atoms with van der Waals surface area (Å²) in [4.78, 5) is 0. The van der Waals surface area contributed by atoms with Gasteiger partial charge in [0.1, 0.15) is 11.6 Å². The second kappa shape index (κ2) is 6.35. The summed E-state index contributed by atoms with van der Waals surface area (Å²) in [7, 11) is 1.87. The maximum atomic E-state index is 13.9. The van der Waals surface area contributed by atoms with E-state index in [1.807, 2.05) is 7.05 Å². The van der Waals surface area contributed by atoms with Gasteiger partial charge in [-0.15, -0.1) is 0 Å². The molecule has 112 valence electrons. The van der Waals surface area contributed by atoms with Gasteiger partial charge >= 0.3 is 0 Å². The number of hydrogen-bond donors (Lipinski definition) is 1. The molecule has 0 spiro atoms. The van der Waals surface area contributed by atoms with Crippen molar-refractivity contribution >= 4 is 0 Å². The van der Waals surface area contributed by atoms with Crippen molar-refractivity contribution in [2.75, 3.05) is 7.05 Å². The molecule has 1 atom stereocenters. The molecule has 0 bridgehead atoms. The van der Waals surface area contributed by atoms with Crippen molar-refractivity contribution in [3.63, 3.8) is 0 Å². The molecule has 1 nitrogen and oxygen atoms in total.